The number of aliphatic hydroxyl groups is 1. The van der Waals surface area contributed by atoms with E-state index in [1.54, 1.807) is 18.2 Å². The van der Waals surface area contributed by atoms with Crippen LogP contribution in [0.15, 0.2) is 30.4 Å². The summed E-state index contributed by atoms with van der Waals surface area (Å²) < 4.78 is 10.3. The van der Waals surface area contributed by atoms with E-state index in [0.29, 0.717) is 17.1 Å². The molecule has 4 nitrogen and oxygen atoms in total. The van der Waals surface area contributed by atoms with Gasteiger partial charge in [0.15, 0.2) is 11.5 Å². The van der Waals surface area contributed by atoms with Crippen LogP contribution in [0.1, 0.15) is 11.7 Å². The predicted octanol–water partition coefficient (Wildman–Crippen LogP) is 1.53. The molecular formula is C11H9NO3. The first kappa shape index (κ1) is 9.56. The van der Waals surface area contributed by atoms with E-state index in [1.807, 2.05) is 6.07 Å². The minimum Gasteiger partial charge on any atom is -0.454 e. The molecule has 76 valence electrons. The van der Waals surface area contributed by atoms with Crippen LogP contribution in [-0.4, -0.2) is 11.9 Å². The molecule has 1 atom stereocenters. The zero-order valence-corrected chi connectivity index (χ0v) is 7.93. The van der Waals surface area contributed by atoms with Crippen LogP contribution in [0.4, 0.5) is 0 Å². The molecule has 0 saturated heterocycles. The molecule has 1 aromatic rings. The Morgan fingerprint density at radius 3 is 2.93 bits per heavy atom. The summed E-state index contributed by atoms with van der Waals surface area (Å²) >= 11 is 0. The van der Waals surface area contributed by atoms with Crippen LogP contribution in [-0.2, 0) is 0 Å². The number of nitriles is 1. The summed E-state index contributed by atoms with van der Waals surface area (Å²) in [4.78, 5) is 0. The highest BCUT2D eigenvalue weighted by atomic mass is 16.7. The van der Waals surface area contributed by atoms with Crippen molar-refractivity contribution in [1.82, 2.24) is 0 Å². The fourth-order valence-electron chi connectivity index (χ4n) is 1.35. The van der Waals surface area contributed by atoms with E-state index >= 15 is 0 Å². The van der Waals surface area contributed by atoms with Gasteiger partial charge in [0, 0.05) is 0 Å². The Morgan fingerprint density at radius 2 is 2.20 bits per heavy atom. The Kier molecular flexibility index (Phi) is 2.32. The molecule has 1 aromatic carbocycles. The molecule has 1 N–H and O–H groups in total. The fraction of sp³-hybridized carbons (Fsp3) is 0.182. The van der Waals surface area contributed by atoms with Gasteiger partial charge in [-0.15, -0.1) is 0 Å². The maximum atomic E-state index is 9.70. The quantitative estimate of drug-likeness (QED) is 0.740. The van der Waals surface area contributed by atoms with E-state index in [2.05, 4.69) is 6.58 Å². The smallest absolute Gasteiger partial charge is 0.231 e. The van der Waals surface area contributed by atoms with Gasteiger partial charge >= 0.3 is 0 Å². The van der Waals surface area contributed by atoms with Gasteiger partial charge in [-0.25, -0.2) is 0 Å². The van der Waals surface area contributed by atoms with Crippen molar-refractivity contribution >= 4 is 0 Å². The first-order chi connectivity index (χ1) is 7.22. The molecule has 0 bridgehead atoms. The Morgan fingerprint density at radius 1 is 1.47 bits per heavy atom. The van der Waals surface area contributed by atoms with Gasteiger partial charge in [0.25, 0.3) is 0 Å². The summed E-state index contributed by atoms with van der Waals surface area (Å²) in [5.41, 5.74) is 0.680. The van der Waals surface area contributed by atoms with Crippen molar-refractivity contribution in [2.24, 2.45) is 0 Å². The minimum absolute atomic E-state index is 0.105. The molecular weight excluding hydrogens is 194 g/mol. The highest BCUT2D eigenvalue weighted by Crippen LogP contribution is 2.35. The van der Waals surface area contributed by atoms with Gasteiger partial charge in [-0.3, -0.25) is 0 Å². The lowest BCUT2D eigenvalue weighted by Gasteiger charge is -2.08. The third-order valence-corrected chi connectivity index (χ3v) is 2.19. The van der Waals surface area contributed by atoms with E-state index in [0.717, 1.165) is 0 Å². The largest absolute Gasteiger partial charge is 0.454 e. The number of ether oxygens (including phenoxy) is 2. The number of hydrogen-bond donors (Lipinski definition) is 1. The molecule has 2 rings (SSSR count). The topological polar surface area (TPSA) is 62.5 Å². The minimum atomic E-state index is -0.982. The Bertz CT molecular complexity index is 448. The zero-order valence-electron chi connectivity index (χ0n) is 7.93. The van der Waals surface area contributed by atoms with Gasteiger partial charge in [-0.1, -0.05) is 12.6 Å². The maximum absolute atomic E-state index is 9.70. The standard InChI is InChI=1S/C11H9NO3/c1-7(5-12)11(13)8-2-3-9-10(4-8)15-6-14-9/h2-4,11,13H,1,6H2. The number of aliphatic hydroxyl groups excluding tert-OH is 1. The average molecular weight is 203 g/mol. The van der Waals surface area contributed by atoms with Crippen LogP contribution in [0.3, 0.4) is 0 Å². The number of fused-ring (bicyclic) bond motifs is 1. The van der Waals surface area contributed by atoms with Crippen LogP contribution in [0, 0.1) is 11.3 Å². The molecule has 0 amide bonds. The highest BCUT2D eigenvalue weighted by molar-refractivity contribution is 5.46. The molecule has 0 saturated carbocycles. The first-order valence-corrected chi connectivity index (χ1v) is 4.39. The second kappa shape index (κ2) is 3.64. The molecule has 4 heteroatoms. The van der Waals surface area contributed by atoms with Crippen molar-refractivity contribution in [3.63, 3.8) is 0 Å². The maximum Gasteiger partial charge on any atom is 0.231 e. The van der Waals surface area contributed by atoms with Crippen molar-refractivity contribution < 1.29 is 14.6 Å². The molecule has 1 aliphatic rings. The number of benzene rings is 1. The van der Waals surface area contributed by atoms with E-state index < -0.39 is 6.10 Å². The van der Waals surface area contributed by atoms with Crippen molar-refractivity contribution in [2.75, 3.05) is 6.79 Å². The van der Waals surface area contributed by atoms with Crippen LogP contribution in [0.2, 0.25) is 0 Å². The summed E-state index contributed by atoms with van der Waals surface area (Å²) in [6.45, 7) is 3.65. The number of rotatable bonds is 2. The van der Waals surface area contributed by atoms with Gasteiger partial charge in [0.05, 0.1) is 11.6 Å². The summed E-state index contributed by atoms with van der Waals surface area (Å²) in [7, 11) is 0. The molecule has 0 spiro atoms. The van der Waals surface area contributed by atoms with Gasteiger partial charge < -0.3 is 14.6 Å². The summed E-state index contributed by atoms with van der Waals surface area (Å²) in [5.74, 6) is 1.23. The molecule has 0 radical (unpaired) electrons. The average Bonchev–Trinajstić information content (AvgIpc) is 2.73. The molecule has 1 aliphatic heterocycles. The fourth-order valence-corrected chi connectivity index (χ4v) is 1.35. The van der Waals surface area contributed by atoms with Gasteiger partial charge in [0.1, 0.15) is 6.10 Å². The van der Waals surface area contributed by atoms with Crippen molar-refractivity contribution in [3.05, 3.63) is 35.9 Å². The monoisotopic (exact) mass is 203 g/mol. The van der Waals surface area contributed by atoms with E-state index in [4.69, 9.17) is 14.7 Å². The molecule has 15 heavy (non-hydrogen) atoms. The molecule has 1 unspecified atom stereocenters. The van der Waals surface area contributed by atoms with Crippen LogP contribution in [0.25, 0.3) is 0 Å². The summed E-state index contributed by atoms with van der Waals surface area (Å²) in [6, 6.07) is 6.84. The van der Waals surface area contributed by atoms with E-state index in [9.17, 15) is 5.11 Å². The van der Waals surface area contributed by atoms with Gasteiger partial charge in [-0.2, -0.15) is 5.26 Å². The second-order valence-electron chi connectivity index (χ2n) is 3.15. The Labute approximate surface area is 87.0 Å². The Hall–Kier alpha value is -1.99. The molecule has 0 fully saturated rings. The normalized spacial score (nSPS) is 14.4. The molecule has 0 aromatic heterocycles. The third-order valence-electron chi connectivity index (χ3n) is 2.19. The van der Waals surface area contributed by atoms with Crippen molar-refractivity contribution in [2.45, 2.75) is 6.10 Å². The van der Waals surface area contributed by atoms with E-state index in [-0.39, 0.29) is 12.4 Å². The molecule has 1 heterocycles. The predicted molar refractivity (Wildman–Crippen MR) is 52.3 cm³/mol. The SMILES string of the molecule is C=C(C#N)C(O)c1ccc2c(c1)OCO2. The number of nitrogens with zero attached hydrogens (tertiary/aromatic N) is 1. The van der Waals surface area contributed by atoms with Gasteiger partial charge in [0.2, 0.25) is 6.79 Å². The van der Waals surface area contributed by atoms with Gasteiger partial charge in [-0.05, 0) is 17.7 Å². The van der Waals surface area contributed by atoms with Crippen molar-refractivity contribution in [1.29, 1.82) is 5.26 Å². The summed E-state index contributed by atoms with van der Waals surface area (Å²) in [5, 5.41) is 18.3. The molecule has 0 aliphatic carbocycles. The van der Waals surface area contributed by atoms with Crippen LogP contribution in [0.5, 0.6) is 11.5 Å². The highest BCUT2D eigenvalue weighted by Gasteiger charge is 2.17. The van der Waals surface area contributed by atoms with Crippen LogP contribution >= 0.6 is 0 Å². The summed E-state index contributed by atoms with van der Waals surface area (Å²) in [6.07, 6.45) is -0.982. The van der Waals surface area contributed by atoms with Crippen molar-refractivity contribution in [3.8, 4) is 17.6 Å². The third kappa shape index (κ3) is 1.65. The number of hydrogen-bond acceptors (Lipinski definition) is 4. The second-order valence-corrected chi connectivity index (χ2v) is 3.15. The Balaban J connectivity index is 2.31. The first-order valence-electron chi connectivity index (χ1n) is 4.39. The lowest BCUT2D eigenvalue weighted by Crippen LogP contribution is -1.98. The lowest BCUT2D eigenvalue weighted by atomic mass is 10.0. The lowest BCUT2D eigenvalue weighted by molar-refractivity contribution is 0.173. The van der Waals surface area contributed by atoms with E-state index in [1.165, 1.54) is 0 Å². The zero-order chi connectivity index (χ0) is 10.8. The van der Waals surface area contributed by atoms with Crippen LogP contribution < -0.4 is 9.47 Å².